The Balaban J connectivity index is 2.29. The molecule has 0 radical (unpaired) electrons. The van der Waals surface area contributed by atoms with Crippen molar-refractivity contribution in [2.24, 2.45) is 0 Å². The minimum atomic E-state index is -1.13. The van der Waals surface area contributed by atoms with E-state index in [4.69, 9.17) is 5.11 Å². The summed E-state index contributed by atoms with van der Waals surface area (Å²) in [7, 11) is 0. The highest BCUT2D eigenvalue weighted by molar-refractivity contribution is 5.90. The maximum Gasteiger partial charge on any atom is 0.335 e. The number of nitrogens with one attached hydrogen (secondary N) is 1. The lowest BCUT2D eigenvalue weighted by Crippen LogP contribution is -2.06. The standard InChI is InChI=1S/C14H13N3O4/c1-9-7-15-5-4-11(9)8-16-12-6-10(14(18)19)2-3-13(12)17(20)21/h2-7,16H,8H2,1H3,(H,18,19). The molecule has 21 heavy (non-hydrogen) atoms. The zero-order valence-corrected chi connectivity index (χ0v) is 11.2. The topological polar surface area (TPSA) is 105 Å². The van der Waals surface area contributed by atoms with Gasteiger partial charge in [-0.2, -0.15) is 0 Å². The number of rotatable bonds is 5. The van der Waals surface area contributed by atoms with Gasteiger partial charge in [-0.05, 0) is 36.2 Å². The van der Waals surface area contributed by atoms with Gasteiger partial charge in [0.2, 0.25) is 0 Å². The molecule has 0 aliphatic rings. The number of nitro groups is 1. The zero-order chi connectivity index (χ0) is 15.4. The number of aromatic carboxylic acids is 1. The lowest BCUT2D eigenvalue weighted by atomic mass is 10.1. The average molecular weight is 287 g/mol. The van der Waals surface area contributed by atoms with Gasteiger partial charge in [0, 0.05) is 25.0 Å². The summed E-state index contributed by atoms with van der Waals surface area (Å²) in [5.41, 5.74) is 1.89. The van der Waals surface area contributed by atoms with Crippen LogP contribution in [0.1, 0.15) is 21.5 Å². The van der Waals surface area contributed by atoms with Gasteiger partial charge in [-0.3, -0.25) is 15.1 Å². The van der Waals surface area contributed by atoms with E-state index in [2.05, 4.69) is 10.3 Å². The number of nitrogens with zero attached hydrogens (tertiary/aromatic N) is 2. The summed E-state index contributed by atoms with van der Waals surface area (Å²) in [6.07, 6.45) is 3.32. The van der Waals surface area contributed by atoms with Gasteiger partial charge in [0.05, 0.1) is 10.5 Å². The highest BCUT2D eigenvalue weighted by Crippen LogP contribution is 2.26. The zero-order valence-electron chi connectivity index (χ0n) is 11.2. The Hall–Kier alpha value is -2.96. The number of carboxylic acid groups (broad SMARTS) is 1. The molecular weight excluding hydrogens is 274 g/mol. The SMILES string of the molecule is Cc1cnccc1CNc1cc(C(=O)O)ccc1[N+](=O)[O-]. The Bertz CT molecular complexity index is 700. The molecule has 0 bridgehead atoms. The van der Waals surface area contributed by atoms with Crippen LogP contribution in [-0.4, -0.2) is 21.0 Å². The minimum absolute atomic E-state index is 0.00505. The second kappa shape index (κ2) is 6.00. The number of pyridine rings is 1. The average Bonchev–Trinajstić information content (AvgIpc) is 2.46. The van der Waals surface area contributed by atoms with Gasteiger partial charge >= 0.3 is 5.97 Å². The van der Waals surface area contributed by atoms with E-state index in [1.807, 2.05) is 6.92 Å². The van der Waals surface area contributed by atoms with E-state index >= 15 is 0 Å². The molecule has 0 aliphatic heterocycles. The molecule has 1 aromatic carbocycles. The van der Waals surface area contributed by atoms with Gasteiger partial charge in [0.1, 0.15) is 5.69 Å². The number of aryl methyl sites for hydroxylation is 1. The monoisotopic (exact) mass is 287 g/mol. The smallest absolute Gasteiger partial charge is 0.335 e. The Morgan fingerprint density at radius 1 is 1.43 bits per heavy atom. The van der Waals surface area contributed by atoms with Crippen LogP contribution in [0.5, 0.6) is 0 Å². The fourth-order valence-electron chi connectivity index (χ4n) is 1.86. The van der Waals surface area contributed by atoms with Crippen LogP contribution in [0.15, 0.2) is 36.7 Å². The highest BCUT2D eigenvalue weighted by Gasteiger charge is 2.16. The van der Waals surface area contributed by atoms with Gasteiger partial charge < -0.3 is 10.4 Å². The number of hydrogen-bond acceptors (Lipinski definition) is 5. The van der Waals surface area contributed by atoms with E-state index in [-0.39, 0.29) is 16.9 Å². The second-order valence-electron chi connectivity index (χ2n) is 4.45. The van der Waals surface area contributed by atoms with Gasteiger partial charge in [-0.15, -0.1) is 0 Å². The van der Waals surface area contributed by atoms with Gasteiger partial charge in [0.25, 0.3) is 5.69 Å². The summed E-state index contributed by atoms with van der Waals surface area (Å²) < 4.78 is 0. The van der Waals surface area contributed by atoms with E-state index in [1.54, 1.807) is 18.5 Å². The molecule has 0 unspecified atom stereocenters. The molecule has 2 rings (SSSR count). The van der Waals surface area contributed by atoms with E-state index in [1.165, 1.54) is 18.2 Å². The first kappa shape index (κ1) is 14.4. The molecule has 0 atom stereocenters. The van der Waals surface area contributed by atoms with Crippen molar-refractivity contribution in [1.29, 1.82) is 0 Å². The quantitative estimate of drug-likeness (QED) is 0.646. The molecule has 0 aliphatic carbocycles. The van der Waals surface area contributed by atoms with Crippen LogP contribution in [0.25, 0.3) is 0 Å². The van der Waals surface area contributed by atoms with E-state index < -0.39 is 10.9 Å². The third-order valence-electron chi connectivity index (χ3n) is 3.05. The Morgan fingerprint density at radius 3 is 2.81 bits per heavy atom. The van der Waals surface area contributed by atoms with Crippen LogP contribution in [-0.2, 0) is 6.54 Å². The molecule has 0 spiro atoms. The molecule has 108 valence electrons. The summed E-state index contributed by atoms with van der Waals surface area (Å²) in [6.45, 7) is 2.23. The molecule has 0 saturated carbocycles. The maximum absolute atomic E-state index is 11.0. The third-order valence-corrected chi connectivity index (χ3v) is 3.05. The lowest BCUT2D eigenvalue weighted by molar-refractivity contribution is -0.384. The molecule has 0 amide bonds. The van der Waals surface area contributed by atoms with Crippen LogP contribution in [0, 0.1) is 17.0 Å². The summed E-state index contributed by atoms with van der Waals surface area (Å²) >= 11 is 0. The van der Waals surface area contributed by atoms with Crippen molar-refractivity contribution in [2.45, 2.75) is 13.5 Å². The van der Waals surface area contributed by atoms with E-state index in [0.717, 1.165) is 11.1 Å². The summed E-state index contributed by atoms with van der Waals surface area (Å²) in [6, 6.07) is 5.46. The largest absolute Gasteiger partial charge is 0.478 e. The predicted molar refractivity (Wildman–Crippen MR) is 76.4 cm³/mol. The van der Waals surface area contributed by atoms with Crippen molar-refractivity contribution < 1.29 is 14.8 Å². The third kappa shape index (κ3) is 3.33. The Labute approximate surface area is 120 Å². The second-order valence-corrected chi connectivity index (χ2v) is 4.45. The lowest BCUT2D eigenvalue weighted by Gasteiger charge is -2.09. The fraction of sp³-hybridized carbons (Fsp3) is 0.143. The van der Waals surface area contributed by atoms with Crippen molar-refractivity contribution in [3.63, 3.8) is 0 Å². The first-order valence-corrected chi connectivity index (χ1v) is 6.14. The highest BCUT2D eigenvalue weighted by atomic mass is 16.6. The van der Waals surface area contributed by atoms with Crippen molar-refractivity contribution in [2.75, 3.05) is 5.32 Å². The molecule has 7 nitrogen and oxygen atoms in total. The number of benzene rings is 1. The van der Waals surface area contributed by atoms with Crippen LogP contribution >= 0.6 is 0 Å². The number of carbonyl (C=O) groups is 1. The van der Waals surface area contributed by atoms with Gasteiger partial charge in [0.15, 0.2) is 0 Å². The Morgan fingerprint density at radius 2 is 2.19 bits per heavy atom. The van der Waals surface area contributed by atoms with Gasteiger partial charge in [-0.25, -0.2) is 4.79 Å². The summed E-state index contributed by atoms with van der Waals surface area (Å²) in [5.74, 6) is -1.13. The molecule has 1 heterocycles. The minimum Gasteiger partial charge on any atom is -0.478 e. The fourth-order valence-corrected chi connectivity index (χ4v) is 1.86. The number of aromatic nitrogens is 1. The van der Waals surface area contributed by atoms with Crippen molar-refractivity contribution >= 4 is 17.3 Å². The van der Waals surface area contributed by atoms with Crippen LogP contribution in [0.2, 0.25) is 0 Å². The van der Waals surface area contributed by atoms with Crippen molar-refractivity contribution in [3.05, 3.63) is 63.5 Å². The van der Waals surface area contributed by atoms with E-state index in [9.17, 15) is 14.9 Å². The number of nitro benzene ring substituents is 1. The van der Waals surface area contributed by atoms with Crippen molar-refractivity contribution in [1.82, 2.24) is 4.98 Å². The number of hydrogen-bond donors (Lipinski definition) is 2. The number of carboxylic acids is 1. The van der Waals surface area contributed by atoms with Crippen molar-refractivity contribution in [3.8, 4) is 0 Å². The summed E-state index contributed by atoms with van der Waals surface area (Å²) in [5, 5.41) is 22.9. The Kier molecular flexibility index (Phi) is 4.13. The molecule has 0 saturated heterocycles. The molecule has 2 aromatic rings. The maximum atomic E-state index is 11.0. The predicted octanol–water partition coefficient (Wildman–Crippen LogP) is 2.61. The molecule has 1 aromatic heterocycles. The number of anilines is 1. The van der Waals surface area contributed by atoms with E-state index in [0.29, 0.717) is 6.54 Å². The molecule has 7 heteroatoms. The molecule has 2 N–H and O–H groups in total. The summed E-state index contributed by atoms with van der Waals surface area (Å²) in [4.78, 5) is 25.4. The molecule has 0 fully saturated rings. The normalized spacial score (nSPS) is 10.1. The molecular formula is C14H13N3O4. The van der Waals surface area contributed by atoms with Gasteiger partial charge in [-0.1, -0.05) is 0 Å². The van der Waals surface area contributed by atoms with Crippen LogP contribution in [0.3, 0.4) is 0 Å². The first-order valence-electron chi connectivity index (χ1n) is 6.14. The van der Waals surface area contributed by atoms with Crippen LogP contribution in [0.4, 0.5) is 11.4 Å². The van der Waals surface area contributed by atoms with Crippen LogP contribution < -0.4 is 5.32 Å². The first-order chi connectivity index (χ1) is 9.99.